The van der Waals surface area contributed by atoms with Crippen LogP contribution in [0.5, 0.6) is 0 Å². The largest absolute Gasteiger partial charge is 0.369 e. The summed E-state index contributed by atoms with van der Waals surface area (Å²) < 4.78 is 2.03. The first kappa shape index (κ1) is 13.8. The van der Waals surface area contributed by atoms with Crippen LogP contribution in [0.4, 0.5) is 11.8 Å². The number of nitrogens with zero attached hydrogens (tertiary/aromatic N) is 4. The number of anilines is 2. The van der Waals surface area contributed by atoms with Gasteiger partial charge in [0.05, 0.1) is 11.1 Å². The van der Waals surface area contributed by atoms with Crippen molar-refractivity contribution in [3.63, 3.8) is 0 Å². The van der Waals surface area contributed by atoms with Crippen molar-refractivity contribution in [1.82, 2.24) is 19.7 Å². The van der Waals surface area contributed by atoms with Crippen LogP contribution in [0, 0.1) is 13.8 Å². The number of rotatable bonds is 5. The number of nitrogen functional groups attached to an aromatic ring is 1. The fraction of sp³-hybridized carbons (Fsp3) is 0.357. The molecule has 0 bridgehead atoms. The summed E-state index contributed by atoms with van der Waals surface area (Å²) in [7, 11) is 0. The first-order valence-electron chi connectivity index (χ1n) is 6.89. The van der Waals surface area contributed by atoms with E-state index in [4.69, 9.17) is 5.73 Å². The molecule has 3 rings (SSSR count). The van der Waals surface area contributed by atoms with E-state index in [0.29, 0.717) is 5.95 Å². The van der Waals surface area contributed by atoms with Gasteiger partial charge < -0.3 is 11.1 Å². The molecule has 0 fully saturated rings. The molecule has 0 radical (unpaired) electrons. The number of nitrogens with two attached hydrogens (primary N) is 1. The molecule has 0 saturated carbocycles. The summed E-state index contributed by atoms with van der Waals surface area (Å²) in [6, 6.07) is 4.11. The molecule has 0 atom stereocenters. The fourth-order valence-corrected chi connectivity index (χ4v) is 3.11. The lowest BCUT2D eigenvalue weighted by Crippen LogP contribution is -2.10. The number of hydrogen-bond donors (Lipinski definition) is 2. The van der Waals surface area contributed by atoms with E-state index in [-0.39, 0.29) is 0 Å². The minimum atomic E-state index is 0.311. The highest BCUT2D eigenvalue weighted by Crippen LogP contribution is 2.25. The van der Waals surface area contributed by atoms with Crippen molar-refractivity contribution >= 4 is 33.3 Å². The van der Waals surface area contributed by atoms with Crippen LogP contribution >= 0.6 is 11.3 Å². The maximum Gasteiger partial charge on any atom is 0.223 e. The predicted octanol–water partition coefficient (Wildman–Crippen LogP) is 2.59. The van der Waals surface area contributed by atoms with Crippen LogP contribution in [0.25, 0.3) is 10.2 Å². The third kappa shape index (κ3) is 2.97. The minimum absolute atomic E-state index is 0.311. The molecular formula is C14H18N6S. The van der Waals surface area contributed by atoms with Crippen molar-refractivity contribution < 1.29 is 0 Å². The smallest absolute Gasteiger partial charge is 0.223 e. The Morgan fingerprint density at radius 2 is 2.19 bits per heavy atom. The molecule has 21 heavy (non-hydrogen) atoms. The van der Waals surface area contributed by atoms with Crippen LogP contribution < -0.4 is 11.1 Å². The summed E-state index contributed by atoms with van der Waals surface area (Å²) >= 11 is 1.57. The van der Waals surface area contributed by atoms with Gasteiger partial charge in [-0.1, -0.05) is 0 Å². The lowest BCUT2D eigenvalue weighted by Gasteiger charge is -2.08. The highest BCUT2D eigenvalue weighted by atomic mass is 32.1. The molecule has 6 nitrogen and oxygen atoms in total. The molecule has 110 valence electrons. The number of aryl methyl sites for hydroxylation is 3. The van der Waals surface area contributed by atoms with Gasteiger partial charge in [0.1, 0.15) is 10.6 Å². The molecule has 3 aromatic heterocycles. The van der Waals surface area contributed by atoms with E-state index < -0.39 is 0 Å². The van der Waals surface area contributed by atoms with Crippen molar-refractivity contribution in [2.45, 2.75) is 26.8 Å². The molecule has 0 saturated heterocycles. The fourth-order valence-electron chi connectivity index (χ4n) is 2.34. The molecule has 3 N–H and O–H groups in total. The van der Waals surface area contributed by atoms with E-state index in [9.17, 15) is 0 Å². The monoisotopic (exact) mass is 302 g/mol. The zero-order chi connectivity index (χ0) is 14.8. The maximum atomic E-state index is 5.73. The summed E-state index contributed by atoms with van der Waals surface area (Å²) in [5.74, 6) is 1.12. The topological polar surface area (TPSA) is 81.7 Å². The molecule has 3 heterocycles. The van der Waals surface area contributed by atoms with E-state index in [1.54, 1.807) is 11.3 Å². The maximum absolute atomic E-state index is 5.73. The van der Waals surface area contributed by atoms with Gasteiger partial charge in [0.25, 0.3) is 0 Å². The van der Waals surface area contributed by atoms with Gasteiger partial charge in [-0.15, -0.1) is 11.3 Å². The number of thiophene rings is 1. The Bertz CT molecular complexity index is 760. The zero-order valence-corrected chi connectivity index (χ0v) is 12.9. The number of hydrogen-bond acceptors (Lipinski definition) is 6. The standard InChI is InChI=1S/C14H18N6S/c1-9-8-10(2)20(19-9)6-3-5-16-12-11-4-7-21-13(11)18-14(15)17-12/h4,7-8H,3,5-6H2,1-2H3,(H3,15,16,17,18). The molecule has 0 aliphatic rings. The average Bonchev–Trinajstić information content (AvgIpc) is 3.01. The Hall–Kier alpha value is -2.15. The van der Waals surface area contributed by atoms with Crippen LogP contribution in [0.15, 0.2) is 17.5 Å². The van der Waals surface area contributed by atoms with Gasteiger partial charge in [-0.2, -0.15) is 10.1 Å². The number of fused-ring (bicyclic) bond motifs is 1. The molecule has 7 heteroatoms. The van der Waals surface area contributed by atoms with E-state index in [1.165, 1.54) is 5.69 Å². The summed E-state index contributed by atoms with van der Waals surface area (Å²) in [6.07, 6.45) is 0.970. The van der Waals surface area contributed by atoms with E-state index >= 15 is 0 Å². The predicted molar refractivity (Wildman–Crippen MR) is 86.6 cm³/mol. The summed E-state index contributed by atoms with van der Waals surface area (Å²) in [5, 5.41) is 10.8. The van der Waals surface area contributed by atoms with Crippen LogP contribution in [-0.4, -0.2) is 26.3 Å². The number of nitrogens with one attached hydrogen (secondary N) is 1. The molecule has 0 spiro atoms. The van der Waals surface area contributed by atoms with Crippen LogP contribution in [-0.2, 0) is 6.54 Å². The van der Waals surface area contributed by atoms with Crippen LogP contribution in [0.1, 0.15) is 17.8 Å². The van der Waals surface area contributed by atoms with Crippen LogP contribution in [0.2, 0.25) is 0 Å². The average molecular weight is 302 g/mol. The quantitative estimate of drug-likeness (QED) is 0.708. The third-order valence-electron chi connectivity index (χ3n) is 3.28. The van der Waals surface area contributed by atoms with Gasteiger partial charge in [-0.05, 0) is 37.8 Å². The highest BCUT2D eigenvalue weighted by Gasteiger charge is 2.07. The van der Waals surface area contributed by atoms with Gasteiger partial charge in [-0.25, -0.2) is 4.98 Å². The van der Waals surface area contributed by atoms with E-state index in [0.717, 1.165) is 41.2 Å². The second-order valence-corrected chi connectivity index (χ2v) is 5.89. The minimum Gasteiger partial charge on any atom is -0.369 e. The molecule has 0 unspecified atom stereocenters. The molecule has 0 aliphatic heterocycles. The van der Waals surface area contributed by atoms with Crippen molar-refractivity contribution in [1.29, 1.82) is 0 Å². The van der Waals surface area contributed by atoms with Crippen molar-refractivity contribution in [2.24, 2.45) is 0 Å². The summed E-state index contributed by atoms with van der Waals surface area (Å²) in [4.78, 5) is 9.42. The Morgan fingerprint density at radius 3 is 2.95 bits per heavy atom. The van der Waals surface area contributed by atoms with E-state index in [2.05, 4.69) is 33.4 Å². The molecule has 0 aliphatic carbocycles. The molecule has 0 aromatic carbocycles. The lowest BCUT2D eigenvalue weighted by molar-refractivity contribution is 0.573. The van der Waals surface area contributed by atoms with Crippen molar-refractivity contribution in [3.05, 3.63) is 28.9 Å². The van der Waals surface area contributed by atoms with Crippen molar-refractivity contribution in [2.75, 3.05) is 17.6 Å². The molecule has 0 amide bonds. The Kier molecular flexibility index (Phi) is 3.74. The Labute approximate surface area is 127 Å². The normalized spacial score (nSPS) is 11.1. The van der Waals surface area contributed by atoms with Gasteiger partial charge in [-0.3, -0.25) is 4.68 Å². The SMILES string of the molecule is Cc1cc(C)n(CCCNc2nc(N)nc3sccc23)n1. The van der Waals surface area contributed by atoms with Crippen molar-refractivity contribution in [3.8, 4) is 0 Å². The lowest BCUT2D eigenvalue weighted by atomic mass is 10.3. The second-order valence-electron chi connectivity index (χ2n) is 5.00. The summed E-state index contributed by atoms with van der Waals surface area (Å²) in [6.45, 7) is 5.80. The third-order valence-corrected chi connectivity index (χ3v) is 4.09. The first-order valence-corrected chi connectivity index (χ1v) is 7.77. The number of aromatic nitrogens is 4. The second kappa shape index (κ2) is 5.69. The molecular weight excluding hydrogens is 284 g/mol. The highest BCUT2D eigenvalue weighted by molar-refractivity contribution is 7.16. The van der Waals surface area contributed by atoms with Crippen LogP contribution in [0.3, 0.4) is 0 Å². The van der Waals surface area contributed by atoms with Gasteiger partial charge in [0.2, 0.25) is 5.95 Å². The van der Waals surface area contributed by atoms with Gasteiger partial charge >= 0.3 is 0 Å². The zero-order valence-electron chi connectivity index (χ0n) is 12.1. The van der Waals surface area contributed by atoms with Gasteiger partial charge in [0.15, 0.2) is 0 Å². The first-order chi connectivity index (χ1) is 10.1. The van der Waals surface area contributed by atoms with E-state index in [1.807, 2.05) is 23.1 Å². The molecule has 3 aromatic rings. The van der Waals surface area contributed by atoms with Gasteiger partial charge in [0, 0.05) is 18.8 Å². The Morgan fingerprint density at radius 1 is 1.33 bits per heavy atom. The Balaban J connectivity index is 1.62. The summed E-state index contributed by atoms with van der Waals surface area (Å²) in [5.41, 5.74) is 7.98.